The van der Waals surface area contributed by atoms with Crippen LogP contribution in [0.1, 0.15) is 37.7 Å². The Bertz CT molecular complexity index is 599. The molecule has 20 heavy (non-hydrogen) atoms. The molecule has 0 saturated heterocycles. The molecule has 0 unspecified atom stereocenters. The number of hydrogen-bond acceptors (Lipinski definition) is 1. The van der Waals surface area contributed by atoms with Crippen LogP contribution in [0.25, 0.3) is 10.8 Å². The van der Waals surface area contributed by atoms with Crippen molar-refractivity contribution in [3.63, 3.8) is 0 Å². The average molecular weight is 267 g/mol. The lowest BCUT2D eigenvalue weighted by Crippen LogP contribution is -2.31. The van der Waals surface area contributed by atoms with Gasteiger partial charge in [-0.3, -0.25) is 4.79 Å². The van der Waals surface area contributed by atoms with E-state index >= 15 is 0 Å². The second-order valence-corrected chi connectivity index (χ2v) is 5.73. The summed E-state index contributed by atoms with van der Waals surface area (Å²) in [6, 6.07) is 14.7. The van der Waals surface area contributed by atoms with E-state index in [1.54, 1.807) is 0 Å². The fourth-order valence-corrected chi connectivity index (χ4v) is 3.05. The van der Waals surface area contributed by atoms with E-state index in [9.17, 15) is 4.79 Å². The lowest BCUT2D eigenvalue weighted by Gasteiger charge is -2.20. The summed E-state index contributed by atoms with van der Waals surface area (Å²) in [5.41, 5.74) is 1.17. The van der Waals surface area contributed by atoms with Crippen LogP contribution in [0, 0.1) is 5.92 Å². The predicted molar refractivity (Wildman–Crippen MR) is 82.4 cm³/mol. The molecule has 0 aromatic heterocycles. The van der Waals surface area contributed by atoms with Crippen LogP contribution < -0.4 is 5.32 Å². The van der Waals surface area contributed by atoms with Crippen molar-refractivity contribution in [2.45, 2.75) is 38.6 Å². The molecule has 1 fully saturated rings. The van der Waals surface area contributed by atoms with Crippen LogP contribution in [-0.2, 0) is 11.3 Å². The van der Waals surface area contributed by atoms with Crippen molar-refractivity contribution in [1.82, 2.24) is 5.32 Å². The Morgan fingerprint density at radius 3 is 2.55 bits per heavy atom. The molecule has 3 rings (SSSR count). The van der Waals surface area contributed by atoms with Gasteiger partial charge in [0.2, 0.25) is 5.91 Å². The Hall–Kier alpha value is -1.83. The largest absolute Gasteiger partial charge is 0.352 e. The summed E-state index contributed by atoms with van der Waals surface area (Å²) in [5, 5.41) is 5.57. The Kier molecular flexibility index (Phi) is 4.00. The molecule has 0 radical (unpaired) electrons. The molecule has 1 N–H and O–H groups in total. The smallest absolute Gasteiger partial charge is 0.223 e. The van der Waals surface area contributed by atoms with Gasteiger partial charge < -0.3 is 5.32 Å². The molecular formula is C18H21NO. The highest BCUT2D eigenvalue weighted by atomic mass is 16.1. The molecule has 0 atom stereocenters. The first-order chi connectivity index (χ1) is 9.83. The molecule has 0 spiro atoms. The summed E-state index contributed by atoms with van der Waals surface area (Å²) < 4.78 is 0. The summed E-state index contributed by atoms with van der Waals surface area (Å²) in [6.07, 6.45) is 5.81. The van der Waals surface area contributed by atoms with E-state index in [-0.39, 0.29) is 11.8 Å². The number of carbonyl (C=O) groups is 1. The van der Waals surface area contributed by atoms with Gasteiger partial charge >= 0.3 is 0 Å². The highest BCUT2D eigenvalue weighted by Crippen LogP contribution is 2.23. The monoisotopic (exact) mass is 267 g/mol. The fourth-order valence-electron chi connectivity index (χ4n) is 3.05. The van der Waals surface area contributed by atoms with E-state index in [2.05, 4.69) is 35.6 Å². The number of rotatable bonds is 3. The number of nitrogens with one attached hydrogen (secondary N) is 1. The molecule has 1 amide bonds. The number of fused-ring (bicyclic) bond motifs is 1. The maximum Gasteiger partial charge on any atom is 0.223 e. The minimum Gasteiger partial charge on any atom is -0.352 e. The molecule has 2 aromatic carbocycles. The van der Waals surface area contributed by atoms with Crippen molar-refractivity contribution in [1.29, 1.82) is 0 Å². The molecule has 0 heterocycles. The van der Waals surface area contributed by atoms with E-state index < -0.39 is 0 Å². The number of hydrogen-bond donors (Lipinski definition) is 1. The van der Waals surface area contributed by atoms with Crippen LogP contribution in [0.2, 0.25) is 0 Å². The minimum atomic E-state index is 0.234. The first-order valence-electron chi connectivity index (χ1n) is 7.58. The standard InChI is InChI=1S/C18H21NO/c20-18(16-7-2-1-3-8-16)19-13-14-10-11-15-6-4-5-9-17(15)12-14/h4-6,9-12,16H,1-3,7-8,13H2,(H,19,20). The summed E-state index contributed by atoms with van der Waals surface area (Å²) >= 11 is 0. The van der Waals surface area contributed by atoms with E-state index in [0.717, 1.165) is 12.8 Å². The van der Waals surface area contributed by atoms with Crippen molar-refractivity contribution in [3.8, 4) is 0 Å². The third kappa shape index (κ3) is 3.01. The van der Waals surface area contributed by atoms with Crippen molar-refractivity contribution >= 4 is 16.7 Å². The zero-order valence-corrected chi connectivity index (χ0v) is 11.8. The van der Waals surface area contributed by atoms with Crippen LogP contribution in [0.4, 0.5) is 0 Å². The molecule has 2 heteroatoms. The molecule has 1 aliphatic carbocycles. The maximum absolute atomic E-state index is 12.1. The van der Waals surface area contributed by atoms with Gasteiger partial charge in [0.15, 0.2) is 0 Å². The SMILES string of the molecule is O=C(NCc1ccc2ccccc2c1)C1CCCCC1. The third-order valence-corrected chi connectivity index (χ3v) is 4.26. The molecule has 104 valence electrons. The summed E-state index contributed by atoms with van der Waals surface area (Å²) in [6.45, 7) is 0.639. The number of amides is 1. The van der Waals surface area contributed by atoms with Gasteiger partial charge in [-0.2, -0.15) is 0 Å². The maximum atomic E-state index is 12.1. The summed E-state index contributed by atoms with van der Waals surface area (Å²) in [4.78, 5) is 12.1. The Balaban J connectivity index is 1.62. The molecular weight excluding hydrogens is 246 g/mol. The van der Waals surface area contributed by atoms with Gasteiger partial charge in [-0.15, -0.1) is 0 Å². The molecule has 0 bridgehead atoms. The minimum absolute atomic E-state index is 0.234. The Morgan fingerprint density at radius 1 is 1.00 bits per heavy atom. The number of benzene rings is 2. The van der Waals surface area contributed by atoms with Crippen molar-refractivity contribution in [2.75, 3.05) is 0 Å². The van der Waals surface area contributed by atoms with Gasteiger partial charge in [0.05, 0.1) is 0 Å². The second kappa shape index (κ2) is 6.08. The molecule has 2 aromatic rings. The van der Waals surface area contributed by atoms with Gasteiger partial charge in [0, 0.05) is 12.5 Å². The predicted octanol–water partition coefficient (Wildman–Crippen LogP) is 4.04. The van der Waals surface area contributed by atoms with E-state index in [4.69, 9.17) is 0 Å². The average Bonchev–Trinajstić information content (AvgIpc) is 2.53. The zero-order valence-electron chi connectivity index (χ0n) is 11.8. The van der Waals surface area contributed by atoms with Crippen LogP contribution in [0.3, 0.4) is 0 Å². The summed E-state index contributed by atoms with van der Waals surface area (Å²) in [7, 11) is 0. The highest BCUT2D eigenvalue weighted by molar-refractivity contribution is 5.83. The highest BCUT2D eigenvalue weighted by Gasteiger charge is 2.20. The lowest BCUT2D eigenvalue weighted by molar-refractivity contribution is -0.126. The van der Waals surface area contributed by atoms with Crippen LogP contribution >= 0.6 is 0 Å². The quantitative estimate of drug-likeness (QED) is 0.893. The lowest BCUT2D eigenvalue weighted by atomic mass is 9.88. The van der Waals surface area contributed by atoms with Gasteiger partial charge in [0.25, 0.3) is 0 Å². The van der Waals surface area contributed by atoms with Crippen molar-refractivity contribution in [3.05, 3.63) is 48.0 Å². The zero-order chi connectivity index (χ0) is 13.8. The molecule has 1 saturated carbocycles. The van der Waals surface area contributed by atoms with Gasteiger partial charge in [0.1, 0.15) is 0 Å². The fraction of sp³-hybridized carbons (Fsp3) is 0.389. The van der Waals surface area contributed by atoms with Crippen LogP contribution in [-0.4, -0.2) is 5.91 Å². The molecule has 2 nitrogen and oxygen atoms in total. The van der Waals surface area contributed by atoms with Gasteiger partial charge in [-0.05, 0) is 35.2 Å². The Morgan fingerprint density at radius 2 is 1.75 bits per heavy atom. The third-order valence-electron chi connectivity index (χ3n) is 4.26. The van der Waals surface area contributed by atoms with Crippen LogP contribution in [0.5, 0.6) is 0 Å². The van der Waals surface area contributed by atoms with Gasteiger partial charge in [-0.1, -0.05) is 55.7 Å². The van der Waals surface area contributed by atoms with Crippen molar-refractivity contribution < 1.29 is 4.79 Å². The van der Waals surface area contributed by atoms with E-state index in [1.807, 2.05) is 12.1 Å². The molecule has 1 aliphatic rings. The second-order valence-electron chi connectivity index (χ2n) is 5.73. The normalized spacial score (nSPS) is 16.2. The van der Waals surface area contributed by atoms with Gasteiger partial charge in [-0.25, -0.2) is 0 Å². The van der Waals surface area contributed by atoms with Crippen molar-refractivity contribution in [2.24, 2.45) is 5.92 Å². The summed E-state index contributed by atoms with van der Waals surface area (Å²) in [5.74, 6) is 0.474. The van der Waals surface area contributed by atoms with E-state index in [0.29, 0.717) is 6.54 Å². The Labute approximate surface area is 120 Å². The van der Waals surface area contributed by atoms with Crippen LogP contribution in [0.15, 0.2) is 42.5 Å². The first kappa shape index (κ1) is 13.2. The first-order valence-corrected chi connectivity index (χ1v) is 7.58. The topological polar surface area (TPSA) is 29.1 Å². The molecule has 0 aliphatic heterocycles. The number of carbonyl (C=O) groups excluding carboxylic acids is 1. The van der Waals surface area contributed by atoms with E-state index in [1.165, 1.54) is 35.6 Å².